The molecule has 0 aliphatic carbocycles. The second-order valence-electron chi connectivity index (χ2n) is 6.06. The number of amides is 1. The summed E-state index contributed by atoms with van der Waals surface area (Å²) in [6.07, 6.45) is 0.671. The monoisotopic (exact) mass is 409 g/mol. The SMILES string of the molecule is CS(=O)(=O)c1ccc(C(CNCCOc2ccc(O)c(C(N)=O)c2)ON)cc1. The van der Waals surface area contributed by atoms with E-state index < -0.39 is 21.8 Å². The Bertz CT molecular complexity index is 915. The number of carbonyl (C=O) groups is 1. The number of nitrogens with two attached hydrogens (primary N) is 2. The van der Waals surface area contributed by atoms with Crippen LogP contribution in [-0.2, 0) is 14.7 Å². The van der Waals surface area contributed by atoms with Gasteiger partial charge in [0.2, 0.25) is 0 Å². The largest absolute Gasteiger partial charge is 0.507 e. The van der Waals surface area contributed by atoms with Gasteiger partial charge in [0.15, 0.2) is 9.84 Å². The number of aromatic hydroxyl groups is 1. The number of ether oxygens (including phenoxy) is 1. The third-order valence-corrected chi connectivity index (χ3v) is 5.08. The molecular formula is C18H23N3O6S. The van der Waals surface area contributed by atoms with Crippen molar-refractivity contribution in [2.75, 3.05) is 26.0 Å². The zero-order chi connectivity index (χ0) is 20.7. The van der Waals surface area contributed by atoms with E-state index in [-0.39, 0.29) is 22.8 Å². The summed E-state index contributed by atoms with van der Waals surface area (Å²) in [5.74, 6) is 4.79. The number of phenols is 1. The van der Waals surface area contributed by atoms with E-state index in [1.165, 1.54) is 30.3 Å². The summed E-state index contributed by atoms with van der Waals surface area (Å²) in [4.78, 5) is 16.4. The van der Waals surface area contributed by atoms with E-state index in [2.05, 4.69) is 5.32 Å². The van der Waals surface area contributed by atoms with Crippen LogP contribution in [0, 0.1) is 0 Å². The molecule has 0 saturated heterocycles. The van der Waals surface area contributed by atoms with Gasteiger partial charge in [0.25, 0.3) is 5.91 Å². The first kappa shape index (κ1) is 21.6. The van der Waals surface area contributed by atoms with Crippen molar-refractivity contribution in [1.29, 1.82) is 0 Å². The first-order valence-corrected chi connectivity index (χ1v) is 10.2. The Kier molecular flexibility index (Phi) is 7.35. The van der Waals surface area contributed by atoms with Crippen LogP contribution in [0.1, 0.15) is 22.0 Å². The number of sulfone groups is 1. The molecule has 0 saturated carbocycles. The minimum atomic E-state index is -3.26. The van der Waals surface area contributed by atoms with Crippen molar-refractivity contribution >= 4 is 15.7 Å². The van der Waals surface area contributed by atoms with Gasteiger partial charge in [-0.1, -0.05) is 12.1 Å². The number of primary amides is 1. The van der Waals surface area contributed by atoms with E-state index in [4.69, 9.17) is 21.2 Å². The third-order valence-electron chi connectivity index (χ3n) is 3.96. The van der Waals surface area contributed by atoms with E-state index in [1.807, 2.05) is 0 Å². The van der Waals surface area contributed by atoms with Crippen LogP contribution in [-0.4, -0.2) is 45.4 Å². The lowest BCUT2D eigenvalue weighted by molar-refractivity contribution is 0.0521. The Morgan fingerprint density at radius 2 is 1.89 bits per heavy atom. The van der Waals surface area contributed by atoms with Crippen molar-refractivity contribution in [3.63, 3.8) is 0 Å². The van der Waals surface area contributed by atoms with E-state index in [0.717, 1.165) is 11.8 Å². The highest BCUT2D eigenvalue weighted by Gasteiger charge is 2.13. The number of hydrogen-bond donors (Lipinski definition) is 4. The van der Waals surface area contributed by atoms with Crippen LogP contribution in [0.5, 0.6) is 11.5 Å². The molecule has 2 aromatic rings. The average molecular weight is 409 g/mol. The van der Waals surface area contributed by atoms with Crippen LogP contribution in [0.4, 0.5) is 0 Å². The van der Waals surface area contributed by atoms with E-state index in [9.17, 15) is 18.3 Å². The van der Waals surface area contributed by atoms with Crippen molar-refractivity contribution in [2.45, 2.75) is 11.0 Å². The topological polar surface area (TPSA) is 154 Å². The summed E-state index contributed by atoms with van der Waals surface area (Å²) in [5, 5.41) is 12.7. The van der Waals surface area contributed by atoms with Crippen LogP contribution < -0.4 is 21.7 Å². The second-order valence-corrected chi connectivity index (χ2v) is 8.08. The van der Waals surface area contributed by atoms with Gasteiger partial charge in [-0.25, -0.2) is 14.3 Å². The zero-order valence-corrected chi connectivity index (χ0v) is 16.1. The van der Waals surface area contributed by atoms with Gasteiger partial charge in [-0.05, 0) is 35.9 Å². The molecule has 9 nitrogen and oxygen atoms in total. The van der Waals surface area contributed by atoms with Crippen LogP contribution >= 0.6 is 0 Å². The molecule has 10 heteroatoms. The minimum absolute atomic E-state index is 0.0143. The van der Waals surface area contributed by atoms with Gasteiger partial charge in [0.05, 0.1) is 10.5 Å². The predicted molar refractivity (Wildman–Crippen MR) is 103 cm³/mol. The molecule has 0 aromatic heterocycles. The number of rotatable bonds is 10. The Hall–Kier alpha value is -2.66. The lowest BCUT2D eigenvalue weighted by atomic mass is 10.1. The molecule has 0 spiro atoms. The van der Waals surface area contributed by atoms with Crippen molar-refractivity contribution in [3.05, 3.63) is 53.6 Å². The summed E-state index contributed by atoms with van der Waals surface area (Å²) >= 11 is 0. The Balaban J connectivity index is 1.83. The summed E-state index contributed by atoms with van der Waals surface area (Å²) in [6, 6.07) is 10.5. The maximum atomic E-state index is 11.5. The van der Waals surface area contributed by atoms with Gasteiger partial charge < -0.3 is 20.9 Å². The maximum Gasteiger partial charge on any atom is 0.252 e. The number of benzene rings is 2. The molecule has 0 heterocycles. The van der Waals surface area contributed by atoms with Gasteiger partial charge in [-0.3, -0.25) is 9.63 Å². The minimum Gasteiger partial charge on any atom is -0.507 e. The van der Waals surface area contributed by atoms with E-state index in [0.29, 0.717) is 18.8 Å². The molecule has 2 rings (SSSR count). The van der Waals surface area contributed by atoms with Crippen molar-refractivity contribution in [3.8, 4) is 11.5 Å². The molecular weight excluding hydrogens is 386 g/mol. The Morgan fingerprint density at radius 3 is 2.46 bits per heavy atom. The average Bonchev–Trinajstić information content (AvgIpc) is 2.65. The first-order chi connectivity index (χ1) is 13.2. The first-order valence-electron chi connectivity index (χ1n) is 8.34. The molecule has 0 aliphatic rings. The standard InChI is InChI=1S/C18H23N3O6S/c1-28(24,25)14-5-2-12(3-6-14)17(27-20)11-21-8-9-26-13-4-7-16(22)15(10-13)18(19)23/h2-7,10,17,21-22H,8-9,11,20H2,1H3,(H2,19,23). The summed E-state index contributed by atoms with van der Waals surface area (Å²) in [6.45, 7) is 1.11. The summed E-state index contributed by atoms with van der Waals surface area (Å²) in [5.41, 5.74) is 5.89. The molecule has 6 N–H and O–H groups in total. The quantitative estimate of drug-likeness (QED) is 0.327. The van der Waals surface area contributed by atoms with Crippen LogP contribution in [0.15, 0.2) is 47.4 Å². The smallest absolute Gasteiger partial charge is 0.252 e. The van der Waals surface area contributed by atoms with Crippen LogP contribution in [0.25, 0.3) is 0 Å². The molecule has 152 valence electrons. The fourth-order valence-corrected chi connectivity index (χ4v) is 3.08. The van der Waals surface area contributed by atoms with Gasteiger partial charge >= 0.3 is 0 Å². The van der Waals surface area contributed by atoms with Gasteiger partial charge in [-0.2, -0.15) is 0 Å². The maximum absolute atomic E-state index is 11.5. The highest BCUT2D eigenvalue weighted by atomic mass is 32.2. The van der Waals surface area contributed by atoms with Crippen LogP contribution in [0.2, 0.25) is 0 Å². The van der Waals surface area contributed by atoms with Gasteiger partial charge in [-0.15, -0.1) is 0 Å². The van der Waals surface area contributed by atoms with Crippen molar-refractivity contribution in [1.82, 2.24) is 5.32 Å². The Morgan fingerprint density at radius 1 is 1.21 bits per heavy atom. The molecule has 1 atom stereocenters. The number of hydrogen-bond acceptors (Lipinski definition) is 8. The molecule has 0 fully saturated rings. The molecule has 28 heavy (non-hydrogen) atoms. The molecule has 0 aliphatic heterocycles. The molecule has 2 aromatic carbocycles. The predicted octanol–water partition coefficient (Wildman–Crippen LogP) is 0.495. The zero-order valence-electron chi connectivity index (χ0n) is 15.3. The third kappa shape index (κ3) is 5.92. The second kappa shape index (κ2) is 9.51. The van der Waals surface area contributed by atoms with Crippen LogP contribution in [0.3, 0.4) is 0 Å². The normalized spacial score (nSPS) is 12.5. The van der Waals surface area contributed by atoms with Gasteiger partial charge in [0, 0.05) is 19.3 Å². The van der Waals surface area contributed by atoms with E-state index >= 15 is 0 Å². The summed E-state index contributed by atoms with van der Waals surface area (Å²) < 4.78 is 28.5. The van der Waals surface area contributed by atoms with Crippen molar-refractivity contribution < 1.29 is 27.9 Å². The number of nitrogens with one attached hydrogen (secondary N) is 1. The van der Waals surface area contributed by atoms with E-state index in [1.54, 1.807) is 12.1 Å². The molecule has 0 bridgehead atoms. The molecule has 1 amide bonds. The Labute approximate surface area is 163 Å². The van der Waals surface area contributed by atoms with Crippen molar-refractivity contribution in [2.24, 2.45) is 11.6 Å². The lowest BCUT2D eigenvalue weighted by Crippen LogP contribution is -2.28. The lowest BCUT2D eigenvalue weighted by Gasteiger charge is -2.16. The molecule has 0 radical (unpaired) electrons. The highest BCUT2D eigenvalue weighted by molar-refractivity contribution is 7.90. The number of carbonyl (C=O) groups excluding carboxylic acids is 1. The summed E-state index contributed by atoms with van der Waals surface area (Å²) in [7, 11) is -3.26. The fourth-order valence-electron chi connectivity index (χ4n) is 2.45. The van der Waals surface area contributed by atoms with Gasteiger partial charge in [0.1, 0.15) is 24.2 Å². The fraction of sp³-hybridized carbons (Fsp3) is 0.278. The highest BCUT2D eigenvalue weighted by Crippen LogP contribution is 2.22. The molecule has 1 unspecified atom stereocenters.